The van der Waals surface area contributed by atoms with Crippen molar-refractivity contribution in [3.63, 3.8) is 0 Å². The van der Waals surface area contributed by atoms with Crippen LogP contribution in [0.4, 0.5) is 0 Å². The number of halogens is 1. The van der Waals surface area contributed by atoms with Gasteiger partial charge in [0, 0.05) is 36.9 Å². The number of fused-ring (bicyclic) bond motifs is 1. The first-order valence-electron chi connectivity index (χ1n) is 10.8. The average molecular weight is 487 g/mol. The number of nitrogens with zero attached hydrogens (tertiary/aromatic N) is 4. The molecular weight excluding hydrogens is 460 g/mol. The molecule has 1 aromatic rings. The predicted molar refractivity (Wildman–Crippen MR) is 132 cm³/mol. The Hall–Kier alpha value is -2.55. The van der Waals surface area contributed by atoms with Crippen LogP contribution >= 0.6 is 23.4 Å². The molecule has 0 aliphatic carbocycles. The van der Waals surface area contributed by atoms with Crippen LogP contribution in [0.15, 0.2) is 64.3 Å². The molecule has 0 spiro atoms. The summed E-state index contributed by atoms with van der Waals surface area (Å²) in [5, 5.41) is 3.31. The fourth-order valence-corrected chi connectivity index (χ4v) is 5.22. The summed E-state index contributed by atoms with van der Waals surface area (Å²) in [6.45, 7) is 8.72. The number of thioether (sulfide) groups is 1. The largest absolute Gasteiger partial charge is 0.458 e. The Balaban J connectivity index is 1.65. The zero-order valence-electron chi connectivity index (χ0n) is 18.8. The highest BCUT2D eigenvalue weighted by atomic mass is 35.5. The van der Waals surface area contributed by atoms with Crippen LogP contribution in [0.1, 0.15) is 24.9 Å². The normalized spacial score (nSPS) is 20.9. The molecule has 1 atom stereocenters. The smallest absolute Gasteiger partial charge is 0.338 e. The van der Waals surface area contributed by atoms with E-state index in [2.05, 4.69) is 23.5 Å². The number of ether oxygens (including phenoxy) is 1. The number of piperazine rings is 1. The maximum absolute atomic E-state index is 13.1. The highest BCUT2D eigenvalue weighted by Gasteiger charge is 2.41. The Labute approximate surface area is 203 Å². The Kier molecular flexibility index (Phi) is 7.26. The molecule has 33 heavy (non-hydrogen) atoms. The van der Waals surface area contributed by atoms with Gasteiger partial charge in [0.25, 0.3) is 0 Å². The van der Waals surface area contributed by atoms with E-state index >= 15 is 0 Å². The van der Waals surface area contributed by atoms with Gasteiger partial charge in [-0.1, -0.05) is 48.2 Å². The van der Waals surface area contributed by atoms with Crippen molar-refractivity contribution in [2.24, 2.45) is 4.99 Å². The number of esters is 1. The van der Waals surface area contributed by atoms with Gasteiger partial charge in [-0.05, 0) is 37.1 Å². The summed E-state index contributed by atoms with van der Waals surface area (Å²) < 4.78 is 5.40. The number of carbonyl (C=O) groups is 2. The van der Waals surface area contributed by atoms with Gasteiger partial charge in [0.15, 0.2) is 5.17 Å². The van der Waals surface area contributed by atoms with Gasteiger partial charge < -0.3 is 19.4 Å². The van der Waals surface area contributed by atoms with Crippen LogP contribution in [-0.2, 0) is 14.3 Å². The van der Waals surface area contributed by atoms with Gasteiger partial charge in [-0.25, -0.2) is 9.79 Å². The van der Waals surface area contributed by atoms with E-state index < -0.39 is 12.0 Å². The van der Waals surface area contributed by atoms with Crippen molar-refractivity contribution in [2.45, 2.75) is 19.4 Å². The molecule has 3 aliphatic heterocycles. The first kappa shape index (κ1) is 23.6. The van der Waals surface area contributed by atoms with Crippen molar-refractivity contribution in [2.75, 3.05) is 39.8 Å². The van der Waals surface area contributed by atoms with Crippen molar-refractivity contribution >= 4 is 40.4 Å². The topological polar surface area (TPSA) is 65.5 Å². The van der Waals surface area contributed by atoms with E-state index in [4.69, 9.17) is 16.3 Å². The molecule has 0 N–H and O–H groups in total. The monoisotopic (exact) mass is 486 g/mol. The standard InChI is InChI=1S/C24H27ClN4O3S/c1-4-13-32-23(31)21-16(2)26-24-29(22(21)17-5-7-18(25)8-6-17)19(15-33-24)14-20(30)28-11-9-27(3)10-12-28/h4-8,15,22H,1,9-14H2,2-3H3. The number of likely N-dealkylation sites (N-methyl/N-ethyl adjacent to an activating group) is 1. The van der Waals surface area contributed by atoms with Crippen LogP contribution in [-0.4, -0.2) is 71.6 Å². The maximum atomic E-state index is 13.1. The van der Waals surface area contributed by atoms with E-state index in [1.807, 2.05) is 34.3 Å². The lowest BCUT2D eigenvalue weighted by Crippen LogP contribution is -2.47. The second kappa shape index (κ2) is 10.2. The molecule has 1 aromatic carbocycles. The number of amides is 1. The summed E-state index contributed by atoms with van der Waals surface area (Å²) in [4.78, 5) is 36.9. The fourth-order valence-electron chi connectivity index (χ4n) is 4.13. The molecule has 1 fully saturated rings. The Morgan fingerprint density at radius 1 is 1.24 bits per heavy atom. The first-order chi connectivity index (χ1) is 15.9. The lowest BCUT2D eigenvalue weighted by atomic mass is 9.94. The Morgan fingerprint density at radius 2 is 1.94 bits per heavy atom. The third kappa shape index (κ3) is 5.03. The summed E-state index contributed by atoms with van der Waals surface area (Å²) in [7, 11) is 2.06. The van der Waals surface area contributed by atoms with E-state index in [-0.39, 0.29) is 18.9 Å². The van der Waals surface area contributed by atoms with Crippen LogP contribution in [0.3, 0.4) is 0 Å². The molecule has 0 aromatic heterocycles. The first-order valence-corrected chi connectivity index (χ1v) is 12.1. The second-order valence-corrected chi connectivity index (χ2v) is 9.47. The van der Waals surface area contributed by atoms with Crippen LogP contribution < -0.4 is 0 Å². The van der Waals surface area contributed by atoms with Crippen LogP contribution in [0.5, 0.6) is 0 Å². The summed E-state index contributed by atoms with van der Waals surface area (Å²) in [6, 6.07) is 6.92. The van der Waals surface area contributed by atoms with E-state index in [9.17, 15) is 9.59 Å². The molecule has 3 aliphatic rings. The number of carbonyl (C=O) groups excluding carboxylic acids is 2. The van der Waals surface area contributed by atoms with Crippen LogP contribution in [0, 0.1) is 0 Å². The zero-order valence-corrected chi connectivity index (χ0v) is 20.4. The number of hydrogen-bond donors (Lipinski definition) is 0. The second-order valence-electron chi connectivity index (χ2n) is 8.19. The minimum absolute atomic E-state index is 0.0770. The minimum atomic E-state index is -0.464. The lowest BCUT2D eigenvalue weighted by molar-refractivity contribution is -0.138. The molecule has 9 heteroatoms. The van der Waals surface area contributed by atoms with Crippen molar-refractivity contribution in [1.29, 1.82) is 0 Å². The number of benzene rings is 1. The zero-order chi connectivity index (χ0) is 23.5. The Bertz CT molecular complexity index is 1040. The van der Waals surface area contributed by atoms with Crippen molar-refractivity contribution in [3.8, 4) is 0 Å². The molecule has 1 unspecified atom stereocenters. The predicted octanol–water partition coefficient (Wildman–Crippen LogP) is 3.81. The molecule has 174 valence electrons. The SMILES string of the molecule is C=CCOC(=O)C1=C(C)N=C2SC=C(CC(=O)N3CCN(C)CC3)N2C1c1ccc(Cl)cc1. The van der Waals surface area contributed by atoms with Gasteiger partial charge in [-0.2, -0.15) is 0 Å². The molecule has 3 heterocycles. The summed E-state index contributed by atoms with van der Waals surface area (Å²) in [6.07, 6.45) is 1.78. The van der Waals surface area contributed by atoms with E-state index in [1.54, 1.807) is 12.1 Å². The van der Waals surface area contributed by atoms with Gasteiger partial charge in [0.1, 0.15) is 6.61 Å². The van der Waals surface area contributed by atoms with Gasteiger partial charge in [-0.3, -0.25) is 4.79 Å². The maximum Gasteiger partial charge on any atom is 0.338 e. The van der Waals surface area contributed by atoms with Crippen LogP contribution in [0.2, 0.25) is 5.02 Å². The number of allylic oxidation sites excluding steroid dienone is 1. The minimum Gasteiger partial charge on any atom is -0.458 e. The van der Waals surface area contributed by atoms with Crippen molar-refractivity contribution < 1.29 is 14.3 Å². The molecule has 0 bridgehead atoms. The fraction of sp³-hybridized carbons (Fsp3) is 0.375. The summed E-state index contributed by atoms with van der Waals surface area (Å²) >= 11 is 7.60. The van der Waals surface area contributed by atoms with Crippen molar-refractivity contribution in [3.05, 3.63) is 69.9 Å². The molecule has 0 saturated carbocycles. The molecule has 0 radical (unpaired) electrons. The quantitative estimate of drug-likeness (QED) is 0.450. The summed E-state index contributed by atoms with van der Waals surface area (Å²) in [5.74, 6) is -0.370. The highest BCUT2D eigenvalue weighted by molar-refractivity contribution is 8.16. The third-order valence-electron chi connectivity index (χ3n) is 5.93. The molecule has 1 amide bonds. The van der Waals surface area contributed by atoms with E-state index in [0.29, 0.717) is 16.3 Å². The third-order valence-corrected chi connectivity index (χ3v) is 7.07. The van der Waals surface area contributed by atoms with Crippen LogP contribution in [0.25, 0.3) is 0 Å². The molecule has 7 nitrogen and oxygen atoms in total. The highest BCUT2D eigenvalue weighted by Crippen LogP contribution is 2.45. The van der Waals surface area contributed by atoms with Crippen molar-refractivity contribution in [1.82, 2.24) is 14.7 Å². The summed E-state index contributed by atoms with van der Waals surface area (Å²) in [5.41, 5.74) is 2.74. The van der Waals surface area contributed by atoms with Gasteiger partial charge in [0.2, 0.25) is 5.91 Å². The van der Waals surface area contributed by atoms with E-state index in [0.717, 1.165) is 42.6 Å². The molecule has 1 saturated heterocycles. The molecular formula is C24H27ClN4O3S. The number of aliphatic imine (C=N–C) groups is 1. The van der Waals surface area contributed by atoms with E-state index in [1.165, 1.54) is 17.8 Å². The molecule has 4 rings (SSSR count). The van der Waals surface area contributed by atoms with Gasteiger partial charge >= 0.3 is 5.97 Å². The number of amidine groups is 1. The number of hydrogen-bond acceptors (Lipinski definition) is 7. The van der Waals surface area contributed by atoms with Gasteiger partial charge in [-0.15, -0.1) is 0 Å². The average Bonchev–Trinajstić information content (AvgIpc) is 3.19. The Morgan fingerprint density at radius 3 is 2.61 bits per heavy atom. The lowest BCUT2D eigenvalue weighted by Gasteiger charge is -2.37. The number of rotatable bonds is 6. The van der Waals surface area contributed by atoms with Gasteiger partial charge in [0.05, 0.1) is 23.7 Å².